The highest BCUT2D eigenvalue weighted by Gasteiger charge is 2.15. The molecule has 0 aliphatic carbocycles. The van der Waals surface area contributed by atoms with Gasteiger partial charge in [0.15, 0.2) is 5.76 Å². The molecule has 0 aliphatic heterocycles. The molecule has 0 fully saturated rings. The minimum Gasteiger partial charge on any atom is -0.459 e. The van der Waals surface area contributed by atoms with E-state index >= 15 is 0 Å². The molecule has 2 aromatic rings. The topological polar surface area (TPSA) is 42.2 Å². The van der Waals surface area contributed by atoms with Gasteiger partial charge in [0.05, 0.1) is 12.3 Å². The molecule has 0 spiro atoms. The Morgan fingerprint density at radius 1 is 1.33 bits per heavy atom. The number of nitrogens with one attached hydrogen (secondary N) is 1. The van der Waals surface area contributed by atoms with Crippen LogP contribution in [0.5, 0.6) is 0 Å². The van der Waals surface area contributed by atoms with Crippen molar-refractivity contribution in [2.75, 3.05) is 0 Å². The van der Waals surface area contributed by atoms with Gasteiger partial charge in [-0.05, 0) is 36.2 Å². The summed E-state index contributed by atoms with van der Waals surface area (Å²) in [7, 11) is 0. The van der Waals surface area contributed by atoms with Gasteiger partial charge in [0.2, 0.25) is 0 Å². The lowest BCUT2D eigenvalue weighted by Gasteiger charge is -2.16. The molecule has 0 saturated carbocycles. The van der Waals surface area contributed by atoms with Crippen molar-refractivity contribution in [3.63, 3.8) is 0 Å². The molecule has 1 aromatic carbocycles. The van der Waals surface area contributed by atoms with Gasteiger partial charge >= 0.3 is 0 Å². The summed E-state index contributed by atoms with van der Waals surface area (Å²) in [6.45, 7) is 2.02. The minimum absolute atomic E-state index is 0.0418. The Labute approximate surface area is 111 Å². The number of rotatable bonds is 4. The predicted octanol–water partition coefficient (Wildman–Crippen LogP) is 3.81. The average Bonchev–Trinajstić information content (AvgIpc) is 2.91. The second-order valence-electron chi connectivity index (χ2n) is 3.96. The number of hydrogen-bond donors (Lipinski definition) is 1. The fourth-order valence-corrected chi connectivity index (χ4v) is 1.88. The summed E-state index contributed by atoms with van der Waals surface area (Å²) in [5, 5.41) is 3.62. The van der Waals surface area contributed by atoms with Crippen LogP contribution in [0.4, 0.5) is 0 Å². The third-order valence-electron chi connectivity index (χ3n) is 2.73. The van der Waals surface area contributed by atoms with Crippen molar-refractivity contribution in [1.82, 2.24) is 5.32 Å². The quantitative estimate of drug-likeness (QED) is 0.911. The summed E-state index contributed by atoms with van der Waals surface area (Å²) >= 11 is 5.84. The fourth-order valence-electron chi connectivity index (χ4n) is 1.75. The Kier molecular flexibility index (Phi) is 4.05. The van der Waals surface area contributed by atoms with Crippen LogP contribution in [0.3, 0.4) is 0 Å². The lowest BCUT2D eigenvalue weighted by molar-refractivity contribution is 0.0907. The van der Waals surface area contributed by atoms with Gasteiger partial charge < -0.3 is 9.73 Å². The van der Waals surface area contributed by atoms with Crippen LogP contribution in [0.2, 0.25) is 5.02 Å². The first kappa shape index (κ1) is 12.7. The highest BCUT2D eigenvalue weighted by molar-refractivity contribution is 6.30. The molecule has 18 heavy (non-hydrogen) atoms. The van der Waals surface area contributed by atoms with Crippen molar-refractivity contribution < 1.29 is 9.21 Å². The van der Waals surface area contributed by atoms with E-state index in [2.05, 4.69) is 5.32 Å². The van der Waals surface area contributed by atoms with Gasteiger partial charge in [-0.3, -0.25) is 4.79 Å². The molecule has 0 radical (unpaired) electrons. The van der Waals surface area contributed by atoms with E-state index < -0.39 is 0 Å². The molecule has 0 bridgehead atoms. The van der Waals surface area contributed by atoms with Crippen LogP contribution in [-0.2, 0) is 0 Å². The van der Waals surface area contributed by atoms with Gasteiger partial charge in [-0.2, -0.15) is 0 Å². The van der Waals surface area contributed by atoms with Crippen molar-refractivity contribution in [3.05, 3.63) is 59.0 Å². The fraction of sp³-hybridized carbons (Fsp3) is 0.214. The molecule has 0 saturated heterocycles. The van der Waals surface area contributed by atoms with Crippen LogP contribution >= 0.6 is 11.6 Å². The lowest BCUT2D eigenvalue weighted by Crippen LogP contribution is -2.27. The molecule has 1 N–H and O–H groups in total. The number of furan rings is 1. The maximum Gasteiger partial charge on any atom is 0.287 e. The average molecular weight is 264 g/mol. The minimum atomic E-state index is -0.207. The predicted molar refractivity (Wildman–Crippen MR) is 70.7 cm³/mol. The zero-order chi connectivity index (χ0) is 13.0. The number of carbonyl (C=O) groups excluding carboxylic acids is 1. The van der Waals surface area contributed by atoms with Gasteiger partial charge in [-0.25, -0.2) is 0 Å². The molecule has 3 nitrogen and oxygen atoms in total. The van der Waals surface area contributed by atoms with E-state index in [9.17, 15) is 4.79 Å². The van der Waals surface area contributed by atoms with Crippen LogP contribution < -0.4 is 5.32 Å². The molecule has 1 unspecified atom stereocenters. The van der Waals surface area contributed by atoms with Crippen LogP contribution in [0.25, 0.3) is 0 Å². The number of hydrogen-bond acceptors (Lipinski definition) is 2. The standard InChI is InChI=1S/C14H14ClNO2/c1-2-12(10-5-7-11(15)8-6-10)16-14(17)13-4-3-9-18-13/h3-9,12H,2H2,1H3,(H,16,17). The maximum absolute atomic E-state index is 11.9. The smallest absolute Gasteiger partial charge is 0.287 e. The maximum atomic E-state index is 11.9. The summed E-state index contributed by atoms with van der Waals surface area (Å²) in [4.78, 5) is 11.9. The van der Waals surface area contributed by atoms with Gasteiger partial charge in [0.1, 0.15) is 0 Å². The molecule has 2 rings (SSSR count). The summed E-state index contributed by atoms with van der Waals surface area (Å²) in [6.07, 6.45) is 2.28. The first-order valence-electron chi connectivity index (χ1n) is 5.80. The molecule has 4 heteroatoms. The van der Waals surface area contributed by atoms with E-state index in [0.29, 0.717) is 10.8 Å². The van der Waals surface area contributed by atoms with Gasteiger partial charge in [0, 0.05) is 5.02 Å². The Hall–Kier alpha value is -1.74. The summed E-state index contributed by atoms with van der Waals surface area (Å²) in [6, 6.07) is 10.8. The van der Waals surface area contributed by atoms with Gasteiger partial charge in [0.25, 0.3) is 5.91 Å². The number of carbonyl (C=O) groups is 1. The Morgan fingerprint density at radius 2 is 2.06 bits per heavy atom. The van der Waals surface area contributed by atoms with Crippen LogP contribution in [-0.4, -0.2) is 5.91 Å². The van der Waals surface area contributed by atoms with Crippen molar-refractivity contribution in [2.24, 2.45) is 0 Å². The number of halogens is 1. The second kappa shape index (κ2) is 5.74. The first-order chi connectivity index (χ1) is 8.70. The van der Waals surface area contributed by atoms with E-state index in [1.54, 1.807) is 12.1 Å². The van der Waals surface area contributed by atoms with Gasteiger partial charge in [-0.1, -0.05) is 30.7 Å². The molecule has 94 valence electrons. The summed E-state index contributed by atoms with van der Waals surface area (Å²) < 4.78 is 5.06. The molecule has 0 aliphatic rings. The zero-order valence-corrected chi connectivity index (χ0v) is 10.8. The molecule has 1 atom stereocenters. The molecular formula is C14H14ClNO2. The summed E-state index contributed by atoms with van der Waals surface area (Å²) in [5.74, 6) is 0.115. The Morgan fingerprint density at radius 3 is 2.61 bits per heavy atom. The van der Waals surface area contributed by atoms with Crippen molar-refractivity contribution >= 4 is 17.5 Å². The van der Waals surface area contributed by atoms with Crippen molar-refractivity contribution in [3.8, 4) is 0 Å². The van der Waals surface area contributed by atoms with E-state index in [1.807, 2.05) is 31.2 Å². The molecule has 1 heterocycles. The first-order valence-corrected chi connectivity index (χ1v) is 6.18. The Balaban J connectivity index is 2.10. The second-order valence-corrected chi connectivity index (χ2v) is 4.40. The number of amides is 1. The highest BCUT2D eigenvalue weighted by atomic mass is 35.5. The normalized spacial score (nSPS) is 12.1. The largest absolute Gasteiger partial charge is 0.459 e. The van der Waals surface area contributed by atoms with Gasteiger partial charge in [-0.15, -0.1) is 0 Å². The van der Waals surface area contributed by atoms with E-state index in [1.165, 1.54) is 6.26 Å². The molecular weight excluding hydrogens is 250 g/mol. The third kappa shape index (κ3) is 2.93. The third-order valence-corrected chi connectivity index (χ3v) is 2.98. The van der Waals surface area contributed by atoms with Crippen molar-refractivity contribution in [2.45, 2.75) is 19.4 Å². The zero-order valence-electron chi connectivity index (χ0n) is 10.0. The summed E-state index contributed by atoms with van der Waals surface area (Å²) in [5.41, 5.74) is 1.03. The molecule has 1 amide bonds. The van der Waals surface area contributed by atoms with Crippen LogP contribution in [0.1, 0.15) is 35.5 Å². The highest BCUT2D eigenvalue weighted by Crippen LogP contribution is 2.19. The van der Waals surface area contributed by atoms with Crippen LogP contribution in [0.15, 0.2) is 47.1 Å². The van der Waals surface area contributed by atoms with Crippen molar-refractivity contribution in [1.29, 1.82) is 0 Å². The lowest BCUT2D eigenvalue weighted by atomic mass is 10.0. The van der Waals surface area contributed by atoms with E-state index in [-0.39, 0.29) is 11.9 Å². The number of benzene rings is 1. The van der Waals surface area contributed by atoms with E-state index in [0.717, 1.165) is 12.0 Å². The van der Waals surface area contributed by atoms with Crippen LogP contribution in [0, 0.1) is 0 Å². The Bertz CT molecular complexity index is 505. The molecule has 1 aromatic heterocycles. The SMILES string of the molecule is CCC(NC(=O)c1ccco1)c1ccc(Cl)cc1. The van der Waals surface area contributed by atoms with E-state index in [4.69, 9.17) is 16.0 Å². The monoisotopic (exact) mass is 263 g/mol.